The summed E-state index contributed by atoms with van der Waals surface area (Å²) < 4.78 is 63.5. The van der Waals surface area contributed by atoms with Crippen molar-refractivity contribution in [3.05, 3.63) is 29.8 Å². The van der Waals surface area contributed by atoms with Crippen molar-refractivity contribution < 1.29 is 31.1 Å². The maximum Gasteiger partial charge on any atom is 0.573 e. The van der Waals surface area contributed by atoms with Gasteiger partial charge in [-0.1, -0.05) is 6.92 Å². The minimum atomic E-state index is -4.79. The lowest BCUT2D eigenvalue weighted by Gasteiger charge is -2.28. The number of hydrogen-bond donors (Lipinski definition) is 0. The minimum Gasteiger partial charge on any atom is -0.406 e. The summed E-state index contributed by atoms with van der Waals surface area (Å²) in [5.74, 6) is -0.834. The average Bonchev–Trinajstić information content (AvgIpc) is 2.83. The van der Waals surface area contributed by atoms with E-state index in [0.717, 1.165) is 12.1 Å². The van der Waals surface area contributed by atoms with E-state index in [1.807, 2.05) is 6.92 Å². The Morgan fingerprint density at radius 3 is 2.38 bits per heavy atom. The molecule has 0 bridgehead atoms. The molecule has 134 valence electrons. The predicted molar refractivity (Wildman–Crippen MR) is 81.5 cm³/mol. The van der Waals surface area contributed by atoms with Crippen LogP contribution < -0.4 is 4.74 Å². The predicted octanol–water partition coefficient (Wildman–Crippen LogP) is 2.62. The molecule has 24 heavy (non-hydrogen) atoms. The molecule has 0 N–H and O–H groups in total. The summed E-state index contributed by atoms with van der Waals surface area (Å²) in [6.45, 7) is 2.25. The van der Waals surface area contributed by atoms with E-state index in [1.54, 1.807) is 0 Å². The third kappa shape index (κ3) is 4.86. The van der Waals surface area contributed by atoms with Crippen LogP contribution in [0.5, 0.6) is 5.75 Å². The van der Waals surface area contributed by atoms with Gasteiger partial charge in [-0.05, 0) is 37.1 Å². The normalized spacial score (nSPS) is 19.9. The molecule has 1 aromatic rings. The van der Waals surface area contributed by atoms with Crippen LogP contribution in [0.15, 0.2) is 24.3 Å². The first-order valence-electron chi connectivity index (χ1n) is 7.48. The number of hydrogen-bond acceptors (Lipinski definition) is 4. The Labute approximate surface area is 138 Å². The summed E-state index contributed by atoms with van der Waals surface area (Å²) in [6, 6.07) is 4.23. The number of carbonyl (C=O) groups is 1. The number of nitrogens with zero attached hydrogens (tertiary/aromatic N) is 1. The van der Waals surface area contributed by atoms with Gasteiger partial charge in [0.2, 0.25) is 0 Å². The fourth-order valence-electron chi connectivity index (χ4n) is 2.68. The molecule has 1 amide bonds. The Hall–Kier alpha value is -1.77. The number of rotatable bonds is 5. The lowest BCUT2D eigenvalue weighted by atomic mass is 10.1. The molecule has 2 rings (SSSR count). The number of sulfone groups is 1. The van der Waals surface area contributed by atoms with E-state index < -0.39 is 33.9 Å². The summed E-state index contributed by atoms with van der Waals surface area (Å²) in [6.07, 6.45) is -3.77. The first-order chi connectivity index (χ1) is 11.1. The van der Waals surface area contributed by atoms with E-state index in [0.29, 0.717) is 19.4 Å². The monoisotopic (exact) mass is 365 g/mol. The molecule has 1 saturated heterocycles. The van der Waals surface area contributed by atoms with Gasteiger partial charge in [0.05, 0.1) is 11.5 Å². The van der Waals surface area contributed by atoms with Crippen LogP contribution in [0.1, 0.15) is 30.1 Å². The molecular weight excluding hydrogens is 347 g/mol. The highest BCUT2D eigenvalue weighted by Gasteiger charge is 2.35. The van der Waals surface area contributed by atoms with Crippen molar-refractivity contribution >= 4 is 15.7 Å². The highest BCUT2D eigenvalue weighted by Crippen LogP contribution is 2.24. The van der Waals surface area contributed by atoms with Crippen molar-refractivity contribution in [3.63, 3.8) is 0 Å². The fraction of sp³-hybridized carbons (Fsp3) is 0.533. The lowest BCUT2D eigenvalue weighted by molar-refractivity contribution is -0.274. The Morgan fingerprint density at radius 1 is 1.29 bits per heavy atom. The van der Waals surface area contributed by atoms with Gasteiger partial charge in [0.1, 0.15) is 5.75 Å². The molecule has 0 aliphatic carbocycles. The van der Waals surface area contributed by atoms with Crippen LogP contribution >= 0.6 is 0 Å². The van der Waals surface area contributed by atoms with E-state index in [9.17, 15) is 26.4 Å². The fourth-order valence-corrected chi connectivity index (χ4v) is 4.41. The number of halogens is 3. The molecule has 0 aromatic heterocycles. The highest BCUT2D eigenvalue weighted by atomic mass is 32.2. The second-order valence-corrected chi connectivity index (χ2v) is 7.86. The largest absolute Gasteiger partial charge is 0.573 e. The van der Waals surface area contributed by atoms with Crippen LogP contribution in [0.4, 0.5) is 13.2 Å². The summed E-state index contributed by atoms with van der Waals surface area (Å²) in [7, 11) is -3.14. The standard InChI is InChI=1S/C15H18F3NO4S/c1-2-8-19(12-7-9-24(21,22)10-12)14(20)11-3-5-13(6-4-11)23-15(16,17)18/h3-6,12H,2,7-10H2,1H3. The number of alkyl halides is 3. The van der Waals surface area contributed by atoms with Crippen LogP contribution in [0.2, 0.25) is 0 Å². The van der Waals surface area contributed by atoms with Crippen molar-refractivity contribution in [2.24, 2.45) is 0 Å². The Bertz CT molecular complexity index is 686. The zero-order valence-corrected chi connectivity index (χ0v) is 13.9. The van der Waals surface area contributed by atoms with E-state index in [1.165, 1.54) is 17.0 Å². The second-order valence-electron chi connectivity index (χ2n) is 5.63. The first-order valence-corrected chi connectivity index (χ1v) is 9.30. The average molecular weight is 365 g/mol. The summed E-state index contributed by atoms with van der Waals surface area (Å²) in [5, 5.41) is 0. The van der Waals surface area contributed by atoms with Crippen LogP contribution in [0, 0.1) is 0 Å². The quantitative estimate of drug-likeness (QED) is 0.805. The maximum atomic E-state index is 12.6. The Balaban J connectivity index is 2.15. The molecule has 9 heteroatoms. The number of benzene rings is 1. The van der Waals surface area contributed by atoms with Crippen LogP contribution in [-0.4, -0.2) is 49.7 Å². The molecule has 1 heterocycles. The molecule has 0 spiro atoms. The number of amides is 1. The zero-order valence-electron chi connectivity index (χ0n) is 13.0. The van der Waals surface area contributed by atoms with Crippen molar-refractivity contribution in [2.45, 2.75) is 32.2 Å². The SMILES string of the molecule is CCCN(C(=O)c1ccc(OC(F)(F)F)cc1)C1CCS(=O)(=O)C1. The maximum absolute atomic E-state index is 12.6. The van der Waals surface area contributed by atoms with Gasteiger partial charge < -0.3 is 9.64 Å². The van der Waals surface area contributed by atoms with Gasteiger partial charge in [0.25, 0.3) is 5.91 Å². The lowest BCUT2D eigenvalue weighted by Crippen LogP contribution is -2.41. The molecule has 5 nitrogen and oxygen atoms in total. The Morgan fingerprint density at radius 2 is 1.92 bits per heavy atom. The number of carbonyl (C=O) groups excluding carboxylic acids is 1. The van der Waals surface area contributed by atoms with Gasteiger partial charge >= 0.3 is 6.36 Å². The van der Waals surface area contributed by atoms with Crippen LogP contribution in [0.25, 0.3) is 0 Å². The van der Waals surface area contributed by atoms with Crippen LogP contribution in [-0.2, 0) is 9.84 Å². The molecule has 1 aliphatic heterocycles. The summed E-state index contributed by atoms with van der Waals surface area (Å²) in [5.41, 5.74) is 0.197. The smallest absolute Gasteiger partial charge is 0.406 e. The highest BCUT2D eigenvalue weighted by molar-refractivity contribution is 7.91. The minimum absolute atomic E-state index is 0.0452. The number of ether oxygens (including phenoxy) is 1. The van der Waals surface area contributed by atoms with Crippen molar-refractivity contribution in [1.29, 1.82) is 0 Å². The van der Waals surface area contributed by atoms with E-state index in [4.69, 9.17) is 0 Å². The van der Waals surface area contributed by atoms with Gasteiger partial charge in [-0.25, -0.2) is 8.42 Å². The van der Waals surface area contributed by atoms with Gasteiger partial charge in [0.15, 0.2) is 9.84 Å². The van der Waals surface area contributed by atoms with Crippen molar-refractivity contribution in [1.82, 2.24) is 4.90 Å². The van der Waals surface area contributed by atoms with Gasteiger partial charge in [0, 0.05) is 18.2 Å². The van der Waals surface area contributed by atoms with Gasteiger partial charge in [-0.2, -0.15) is 0 Å². The summed E-state index contributed by atoms with van der Waals surface area (Å²) >= 11 is 0. The molecule has 0 radical (unpaired) electrons. The molecule has 1 unspecified atom stereocenters. The van der Waals surface area contributed by atoms with E-state index >= 15 is 0 Å². The van der Waals surface area contributed by atoms with E-state index in [2.05, 4.69) is 4.74 Å². The topological polar surface area (TPSA) is 63.7 Å². The van der Waals surface area contributed by atoms with Gasteiger partial charge in [-0.3, -0.25) is 4.79 Å². The third-order valence-corrected chi connectivity index (χ3v) is 5.46. The second kappa shape index (κ2) is 7.00. The van der Waals surface area contributed by atoms with Crippen molar-refractivity contribution in [3.8, 4) is 5.75 Å². The van der Waals surface area contributed by atoms with Gasteiger partial charge in [-0.15, -0.1) is 13.2 Å². The molecule has 0 saturated carbocycles. The van der Waals surface area contributed by atoms with Crippen LogP contribution in [0.3, 0.4) is 0 Å². The first kappa shape index (κ1) is 18.6. The molecule has 1 aromatic carbocycles. The third-order valence-electron chi connectivity index (χ3n) is 3.71. The molecule has 1 aliphatic rings. The molecule has 1 fully saturated rings. The molecule has 1 atom stereocenters. The zero-order chi connectivity index (χ0) is 18.0. The Kier molecular flexibility index (Phi) is 5.42. The van der Waals surface area contributed by atoms with Crippen molar-refractivity contribution in [2.75, 3.05) is 18.1 Å². The molecular formula is C15H18F3NO4S. The summed E-state index contributed by atoms with van der Waals surface area (Å²) in [4.78, 5) is 14.1. The van der Waals surface area contributed by atoms with E-state index in [-0.39, 0.29) is 17.1 Å².